The smallest absolute Gasteiger partial charge is 0.135 e. The van der Waals surface area contributed by atoms with Crippen LogP contribution in [0.3, 0.4) is 0 Å². The van der Waals surface area contributed by atoms with E-state index in [1.54, 1.807) is 0 Å². The molecule has 1 heteroatoms. The molecule has 0 saturated carbocycles. The average Bonchev–Trinajstić information content (AvgIpc) is 2.97. The molecule has 1 heterocycles. The van der Waals surface area contributed by atoms with Gasteiger partial charge in [0.15, 0.2) is 0 Å². The van der Waals surface area contributed by atoms with Crippen LogP contribution in [-0.4, -0.2) is 0 Å². The summed E-state index contributed by atoms with van der Waals surface area (Å²) in [5.74, 6) is 0. The molecule has 31 heavy (non-hydrogen) atoms. The van der Waals surface area contributed by atoms with E-state index in [0.717, 1.165) is 11.2 Å². The van der Waals surface area contributed by atoms with Gasteiger partial charge in [-0.15, -0.1) is 0 Å². The Balaban J connectivity index is 1.66. The van der Waals surface area contributed by atoms with E-state index in [1.165, 1.54) is 54.2 Å². The van der Waals surface area contributed by atoms with Gasteiger partial charge >= 0.3 is 0 Å². The van der Waals surface area contributed by atoms with Crippen LogP contribution in [0.25, 0.3) is 65.4 Å². The maximum Gasteiger partial charge on any atom is 0.135 e. The zero-order chi connectivity index (χ0) is 20.4. The first kappa shape index (κ1) is 16.7. The Morgan fingerprint density at radius 2 is 1.10 bits per heavy atom. The first-order valence-electron chi connectivity index (χ1n) is 10.6. The maximum atomic E-state index is 6.51. The molecular formula is C30H18O. The minimum absolute atomic E-state index is 0.916. The fourth-order valence-electron chi connectivity index (χ4n) is 5.03. The van der Waals surface area contributed by atoms with Gasteiger partial charge in [-0.3, -0.25) is 0 Å². The zero-order valence-corrected chi connectivity index (χ0v) is 16.8. The van der Waals surface area contributed by atoms with E-state index in [-0.39, 0.29) is 0 Å². The molecule has 0 spiro atoms. The molecule has 144 valence electrons. The summed E-state index contributed by atoms with van der Waals surface area (Å²) in [5.41, 5.74) is 4.29. The molecule has 0 saturated heterocycles. The molecular weight excluding hydrogens is 376 g/mol. The molecule has 1 aromatic heterocycles. The van der Waals surface area contributed by atoms with Crippen LogP contribution in [0, 0.1) is 0 Å². The number of fused-ring (bicyclic) bond motifs is 2. The summed E-state index contributed by atoms with van der Waals surface area (Å²) < 4.78 is 6.51. The predicted octanol–water partition coefficient (Wildman–Crippen LogP) is 8.71. The van der Waals surface area contributed by atoms with Crippen molar-refractivity contribution in [3.05, 3.63) is 109 Å². The third kappa shape index (κ3) is 2.38. The fraction of sp³-hybridized carbons (Fsp3) is 0. The Labute approximate surface area is 179 Å². The van der Waals surface area contributed by atoms with Crippen molar-refractivity contribution in [2.24, 2.45) is 0 Å². The minimum Gasteiger partial charge on any atom is -0.456 e. The van der Waals surface area contributed by atoms with Crippen molar-refractivity contribution in [2.75, 3.05) is 0 Å². The van der Waals surface area contributed by atoms with Crippen molar-refractivity contribution in [1.82, 2.24) is 0 Å². The molecule has 6 aromatic carbocycles. The van der Waals surface area contributed by atoms with Crippen molar-refractivity contribution >= 4 is 54.3 Å². The second-order valence-corrected chi connectivity index (χ2v) is 8.16. The Bertz CT molecular complexity index is 1780. The zero-order valence-electron chi connectivity index (χ0n) is 16.8. The highest BCUT2D eigenvalue weighted by atomic mass is 16.3. The molecule has 7 rings (SSSR count). The molecule has 0 amide bonds. The predicted molar refractivity (Wildman–Crippen MR) is 132 cm³/mol. The Hall–Kier alpha value is -4.10. The normalized spacial score (nSPS) is 11.9. The van der Waals surface area contributed by atoms with E-state index in [2.05, 4.69) is 109 Å². The van der Waals surface area contributed by atoms with E-state index in [4.69, 9.17) is 4.42 Å². The van der Waals surface area contributed by atoms with Crippen LogP contribution in [-0.2, 0) is 0 Å². The maximum absolute atomic E-state index is 6.51. The van der Waals surface area contributed by atoms with Crippen molar-refractivity contribution in [3.63, 3.8) is 0 Å². The van der Waals surface area contributed by atoms with Gasteiger partial charge in [-0.1, -0.05) is 91.0 Å². The Morgan fingerprint density at radius 1 is 0.419 bits per heavy atom. The second-order valence-electron chi connectivity index (χ2n) is 8.16. The lowest BCUT2D eigenvalue weighted by molar-refractivity contribution is 0.664. The van der Waals surface area contributed by atoms with Crippen LogP contribution in [0.15, 0.2) is 114 Å². The molecule has 0 unspecified atom stereocenters. The van der Waals surface area contributed by atoms with Gasteiger partial charge in [-0.05, 0) is 61.6 Å². The molecule has 0 N–H and O–H groups in total. The summed E-state index contributed by atoms with van der Waals surface area (Å²) in [4.78, 5) is 0. The highest BCUT2D eigenvalue weighted by Crippen LogP contribution is 2.40. The number of hydrogen-bond donors (Lipinski definition) is 0. The van der Waals surface area contributed by atoms with E-state index in [1.807, 2.05) is 0 Å². The van der Waals surface area contributed by atoms with E-state index < -0.39 is 0 Å². The summed E-state index contributed by atoms with van der Waals surface area (Å²) in [7, 11) is 0. The van der Waals surface area contributed by atoms with Crippen LogP contribution >= 0.6 is 0 Å². The summed E-state index contributed by atoms with van der Waals surface area (Å²) in [6.45, 7) is 0. The van der Waals surface area contributed by atoms with E-state index in [9.17, 15) is 0 Å². The molecule has 0 bridgehead atoms. The van der Waals surface area contributed by atoms with Gasteiger partial charge in [0.25, 0.3) is 0 Å². The Kier molecular flexibility index (Phi) is 3.33. The first-order valence-corrected chi connectivity index (χ1v) is 10.6. The third-order valence-electron chi connectivity index (χ3n) is 6.44. The lowest BCUT2D eigenvalue weighted by Crippen LogP contribution is -1.84. The van der Waals surface area contributed by atoms with Crippen LogP contribution < -0.4 is 0 Å². The van der Waals surface area contributed by atoms with Gasteiger partial charge in [-0.2, -0.15) is 0 Å². The van der Waals surface area contributed by atoms with Gasteiger partial charge in [-0.25, -0.2) is 0 Å². The third-order valence-corrected chi connectivity index (χ3v) is 6.44. The van der Waals surface area contributed by atoms with Crippen LogP contribution in [0.1, 0.15) is 0 Å². The molecule has 1 nitrogen and oxygen atoms in total. The number of benzene rings is 6. The molecule has 0 aliphatic carbocycles. The van der Waals surface area contributed by atoms with Crippen LogP contribution in [0.4, 0.5) is 0 Å². The minimum atomic E-state index is 0.916. The summed E-state index contributed by atoms with van der Waals surface area (Å²) >= 11 is 0. The quantitative estimate of drug-likeness (QED) is 0.271. The molecule has 0 aliphatic heterocycles. The van der Waals surface area contributed by atoms with Crippen LogP contribution in [0.2, 0.25) is 0 Å². The average molecular weight is 394 g/mol. The molecule has 0 atom stereocenters. The van der Waals surface area contributed by atoms with E-state index in [0.29, 0.717) is 0 Å². The number of rotatable bonds is 1. The van der Waals surface area contributed by atoms with Crippen molar-refractivity contribution in [3.8, 4) is 11.1 Å². The second kappa shape index (κ2) is 6.20. The molecule has 0 fully saturated rings. The summed E-state index contributed by atoms with van der Waals surface area (Å²) in [5, 5.41) is 9.75. The summed E-state index contributed by atoms with van der Waals surface area (Å²) in [6.07, 6.45) is 0. The molecule has 0 radical (unpaired) electrons. The lowest BCUT2D eigenvalue weighted by atomic mass is 9.93. The van der Waals surface area contributed by atoms with E-state index >= 15 is 0 Å². The SMILES string of the molecule is c1ccc2cc(-c3ccc4oc5cccc6cccc(c7cccc3c47)c65)ccc2c1. The summed E-state index contributed by atoms with van der Waals surface area (Å²) in [6, 6.07) is 38.9. The van der Waals surface area contributed by atoms with Crippen LogP contribution in [0.5, 0.6) is 0 Å². The topological polar surface area (TPSA) is 13.1 Å². The molecule has 0 aliphatic rings. The van der Waals surface area contributed by atoms with Gasteiger partial charge in [0, 0.05) is 10.8 Å². The van der Waals surface area contributed by atoms with Crippen molar-refractivity contribution < 1.29 is 4.42 Å². The van der Waals surface area contributed by atoms with Gasteiger partial charge in [0.2, 0.25) is 0 Å². The standard InChI is InChI=1S/C30H18O/c1-2-7-21-18-22(15-14-19(21)6-1)23-16-17-28-30-24(23)11-5-12-26(30)25-10-3-8-20-9-4-13-27(31-28)29(20)25/h1-18H. The highest BCUT2D eigenvalue weighted by Gasteiger charge is 2.13. The largest absolute Gasteiger partial charge is 0.456 e. The highest BCUT2D eigenvalue weighted by molar-refractivity contribution is 6.24. The fourth-order valence-corrected chi connectivity index (χ4v) is 5.03. The molecule has 7 aromatic rings. The number of hydrogen-bond acceptors (Lipinski definition) is 1. The van der Waals surface area contributed by atoms with Gasteiger partial charge in [0.05, 0.1) is 0 Å². The van der Waals surface area contributed by atoms with Crippen molar-refractivity contribution in [1.29, 1.82) is 0 Å². The van der Waals surface area contributed by atoms with Gasteiger partial charge in [0.1, 0.15) is 11.2 Å². The first-order chi connectivity index (χ1) is 15.4. The van der Waals surface area contributed by atoms with Gasteiger partial charge < -0.3 is 4.42 Å². The monoisotopic (exact) mass is 394 g/mol. The van der Waals surface area contributed by atoms with Crippen molar-refractivity contribution in [2.45, 2.75) is 0 Å². The lowest BCUT2D eigenvalue weighted by Gasteiger charge is -2.10. The Morgan fingerprint density at radius 3 is 2.00 bits per heavy atom.